The molecule has 4 heterocycles. The van der Waals surface area contributed by atoms with Gasteiger partial charge in [-0.15, -0.1) is 24.8 Å². The largest absolute Gasteiger partial charge is 0.351 e. The molecule has 188 valence electrons. The number of likely N-dealkylation sites (tertiary alicyclic amines) is 1. The Kier molecular flexibility index (Phi) is 10.1. The SMILES string of the molecule is CCc1ccc(CCCN2CCC(CNC(=O)C3=Cc4cnc5cccc(n45)S3)CC2)cc1.Cl.Cl. The summed E-state index contributed by atoms with van der Waals surface area (Å²) in [5.74, 6) is 0.593. The molecular formula is C27H34Cl2N4OS. The third-order valence-electron chi connectivity index (χ3n) is 6.87. The van der Waals surface area contributed by atoms with Gasteiger partial charge in [0.15, 0.2) is 0 Å². The molecule has 35 heavy (non-hydrogen) atoms. The van der Waals surface area contributed by atoms with Crippen molar-refractivity contribution < 1.29 is 4.79 Å². The van der Waals surface area contributed by atoms with E-state index in [1.165, 1.54) is 29.3 Å². The van der Waals surface area contributed by atoms with Crippen molar-refractivity contribution >= 4 is 54.2 Å². The lowest BCUT2D eigenvalue weighted by Crippen LogP contribution is -2.39. The number of imidazole rings is 1. The number of rotatable bonds is 8. The number of piperidine rings is 1. The summed E-state index contributed by atoms with van der Waals surface area (Å²) in [7, 11) is 0. The van der Waals surface area contributed by atoms with E-state index in [1.807, 2.05) is 30.5 Å². The average molecular weight is 534 g/mol. The molecule has 5 rings (SSSR count). The number of carbonyl (C=O) groups excluding carboxylic acids is 1. The summed E-state index contributed by atoms with van der Waals surface area (Å²) in [6.07, 6.45) is 9.57. The van der Waals surface area contributed by atoms with Gasteiger partial charge in [-0.25, -0.2) is 4.98 Å². The lowest BCUT2D eigenvalue weighted by atomic mass is 9.96. The molecule has 2 aromatic heterocycles. The van der Waals surface area contributed by atoms with Crippen LogP contribution in [0.5, 0.6) is 0 Å². The second-order valence-electron chi connectivity index (χ2n) is 9.12. The number of hydrogen-bond donors (Lipinski definition) is 1. The van der Waals surface area contributed by atoms with Crippen LogP contribution in [0.1, 0.15) is 43.0 Å². The zero-order chi connectivity index (χ0) is 22.6. The number of benzene rings is 1. The number of aryl methyl sites for hydroxylation is 2. The van der Waals surface area contributed by atoms with E-state index in [1.54, 1.807) is 0 Å². The fraction of sp³-hybridized carbons (Fsp3) is 0.407. The highest BCUT2D eigenvalue weighted by atomic mass is 35.5. The summed E-state index contributed by atoms with van der Waals surface area (Å²) < 4.78 is 2.09. The van der Waals surface area contributed by atoms with E-state index in [0.717, 1.165) is 73.1 Å². The molecule has 2 aliphatic rings. The Bertz CT molecular complexity index is 1150. The maximum Gasteiger partial charge on any atom is 0.258 e. The number of hydrogen-bond acceptors (Lipinski definition) is 4. The van der Waals surface area contributed by atoms with Gasteiger partial charge in [0, 0.05) is 6.54 Å². The second-order valence-corrected chi connectivity index (χ2v) is 10.2. The minimum atomic E-state index is 0. The van der Waals surface area contributed by atoms with E-state index < -0.39 is 0 Å². The van der Waals surface area contributed by atoms with Gasteiger partial charge in [0.05, 0.1) is 21.8 Å². The summed E-state index contributed by atoms with van der Waals surface area (Å²) >= 11 is 1.52. The molecule has 1 saturated heterocycles. The lowest BCUT2D eigenvalue weighted by Gasteiger charge is -2.32. The topological polar surface area (TPSA) is 49.6 Å². The Morgan fingerprint density at radius 2 is 1.83 bits per heavy atom. The molecule has 0 saturated carbocycles. The first-order valence-corrected chi connectivity index (χ1v) is 13.0. The number of nitrogens with one attached hydrogen (secondary N) is 1. The summed E-state index contributed by atoms with van der Waals surface area (Å²) in [5, 5.41) is 4.23. The highest BCUT2D eigenvalue weighted by Crippen LogP contribution is 2.34. The van der Waals surface area contributed by atoms with Gasteiger partial charge >= 0.3 is 0 Å². The number of amides is 1. The van der Waals surface area contributed by atoms with Gasteiger partial charge < -0.3 is 10.2 Å². The van der Waals surface area contributed by atoms with E-state index >= 15 is 0 Å². The predicted octanol–water partition coefficient (Wildman–Crippen LogP) is 5.65. The van der Waals surface area contributed by atoms with Crippen LogP contribution in [0.2, 0.25) is 0 Å². The van der Waals surface area contributed by atoms with Crippen LogP contribution in [0.25, 0.3) is 11.7 Å². The third kappa shape index (κ3) is 6.62. The number of halogens is 2. The first-order chi connectivity index (χ1) is 16.2. The molecule has 2 aliphatic heterocycles. The first-order valence-electron chi connectivity index (χ1n) is 12.1. The van der Waals surface area contributed by atoms with Gasteiger partial charge in [-0.05, 0) is 87.0 Å². The maximum atomic E-state index is 12.8. The van der Waals surface area contributed by atoms with Gasteiger partial charge in [0.25, 0.3) is 5.91 Å². The van der Waals surface area contributed by atoms with Crippen LogP contribution in [0.15, 0.2) is 58.6 Å². The molecule has 0 spiro atoms. The van der Waals surface area contributed by atoms with Gasteiger partial charge in [0.2, 0.25) is 0 Å². The molecule has 1 fully saturated rings. The van der Waals surface area contributed by atoms with Gasteiger partial charge in [-0.2, -0.15) is 0 Å². The molecule has 5 nitrogen and oxygen atoms in total. The minimum Gasteiger partial charge on any atom is -0.351 e. The number of aromatic nitrogens is 2. The van der Waals surface area contributed by atoms with Gasteiger partial charge in [-0.1, -0.05) is 49.0 Å². The maximum absolute atomic E-state index is 12.8. The van der Waals surface area contributed by atoms with Crippen LogP contribution < -0.4 is 5.32 Å². The number of nitrogens with zero attached hydrogens (tertiary/aromatic N) is 3. The van der Waals surface area contributed by atoms with E-state index in [0.29, 0.717) is 5.92 Å². The molecule has 8 heteroatoms. The molecule has 0 unspecified atom stereocenters. The molecule has 0 aliphatic carbocycles. The van der Waals surface area contributed by atoms with E-state index in [4.69, 9.17) is 0 Å². The van der Waals surface area contributed by atoms with Crippen molar-refractivity contribution in [3.05, 3.63) is 70.4 Å². The van der Waals surface area contributed by atoms with Crippen LogP contribution in [0.3, 0.4) is 0 Å². The predicted molar refractivity (Wildman–Crippen MR) is 150 cm³/mol. The minimum absolute atomic E-state index is 0. The normalized spacial score (nSPS) is 15.7. The molecule has 0 radical (unpaired) electrons. The molecule has 0 bridgehead atoms. The van der Waals surface area contributed by atoms with E-state index in [2.05, 4.69) is 50.8 Å². The molecule has 1 aromatic carbocycles. The zero-order valence-electron chi connectivity index (χ0n) is 20.1. The number of pyridine rings is 1. The Hall–Kier alpha value is -1.99. The van der Waals surface area contributed by atoms with Crippen LogP contribution in [0, 0.1) is 5.92 Å². The summed E-state index contributed by atoms with van der Waals surface area (Å²) in [6, 6.07) is 15.1. The van der Waals surface area contributed by atoms with Crippen LogP contribution in [0.4, 0.5) is 0 Å². The average Bonchev–Trinajstić information content (AvgIpc) is 3.28. The third-order valence-corrected chi connectivity index (χ3v) is 7.92. The summed E-state index contributed by atoms with van der Waals surface area (Å²) in [6.45, 7) is 6.39. The van der Waals surface area contributed by atoms with Crippen LogP contribution >= 0.6 is 36.6 Å². The highest BCUT2D eigenvalue weighted by Gasteiger charge is 2.23. The lowest BCUT2D eigenvalue weighted by molar-refractivity contribution is -0.117. The van der Waals surface area contributed by atoms with Crippen molar-refractivity contribution in [3.63, 3.8) is 0 Å². The standard InChI is InChI=1S/C27H32N4OS.2ClH/c1-2-20-8-10-21(11-9-20)5-4-14-30-15-12-22(13-16-30)18-29-27(32)24-17-23-19-28-25-6-3-7-26(33-24)31(23)25;;/h3,6-11,17,19,22H,2,4-5,12-16,18H2,1H3,(H,29,32);2*1H. The van der Waals surface area contributed by atoms with Crippen molar-refractivity contribution in [2.75, 3.05) is 26.2 Å². The number of thioether (sulfide) groups is 1. The van der Waals surface area contributed by atoms with E-state index in [-0.39, 0.29) is 30.7 Å². The summed E-state index contributed by atoms with van der Waals surface area (Å²) in [4.78, 5) is 20.6. The Morgan fingerprint density at radius 3 is 2.57 bits per heavy atom. The molecule has 1 amide bonds. The van der Waals surface area contributed by atoms with E-state index in [9.17, 15) is 4.79 Å². The van der Waals surface area contributed by atoms with Crippen LogP contribution in [-0.4, -0.2) is 46.4 Å². The highest BCUT2D eigenvalue weighted by molar-refractivity contribution is 8.04. The van der Waals surface area contributed by atoms with Crippen molar-refractivity contribution in [1.82, 2.24) is 19.6 Å². The Labute approximate surface area is 224 Å². The molecular weight excluding hydrogens is 499 g/mol. The molecule has 3 aromatic rings. The van der Waals surface area contributed by atoms with Gasteiger partial charge in [-0.3, -0.25) is 9.20 Å². The second kappa shape index (κ2) is 12.8. The van der Waals surface area contributed by atoms with Crippen LogP contribution in [-0.2, 0) is 17.6 Å². The Morgan fingerprint density at radius 1 is 1.09 bits per heavy atom. The zero-order valence-corrected chi connectivity index (χ0v) is 22.6. The van der Waals surface area contributed by atoms with Crippen molar-refractivity contribution in [3.8, 4) is 0 Å². The summed E-state index contributed by atoms with van der Waals surface area (Å²) in [5.41, 5.74) is 4.75. The van der Waals surface area contributed by atoms with Crippen molar-refractivity contribution in [1.29, 1.82) is 0 Å². The quantitative estimate of drug-likeness (QED) is 0.407. The Balaban J connectivity index is 0.00000171. The monoisotopic (exact) mass is 532 g/mol. The fourth-order valence-electron chi connectivity index (χ4n) is 4.79. The molecule has 1 N–H and O–H groups in total. The van der Waals surface area contributed by atoms with Gasteiger partial charge in [0.1, 0.15) is 5.65 Å². The smallest absolute Gasteiger partial charge is 0.258 e. The van der Waals surface area contributed by atoms with Crippen molar-refractivity contribution in [2.45, 2.75) is 44.1 Å². The number of carbonyl (C=O) groups is 1. The van der Waals surface area contributed by atoms with Crippen molar-refractivity contribution in [2.24, 2.45) is 5.92 Å². The molecule has 0 atom stereocenters. The first kappa shape index (κ1) is 27.6. The fourth-order valence-corrected chi connectivity index (χ4v) is 5.79.